The summed E-state index contributed by atoms with van der Waals surface area (Å²) in [7, 11) is 0. The van der Waals surface area contributed by atoms with E-state index in [1.807, 2.05) is 0 Å². The van der Waals surface area contributed by atoms with Crippen LogP contribution < -0.4 is 0 Å². The van der Waals surface area contributed by atoms with Gasteiger partial charge in [0.2, 0.25) is 0 Å². The van der Waals surface area contributed by atoms with Crippen molar-refractivity contribution in [3.05, 3.63) is 17.1 Å². The zero-order valence-corrected chi connectivity index (χ0v) is 11.3. The van der Waals surface area contributed by atoms with E-state index >= 15 is 0 Å². The van der Waals surface area contributed by atoms with Gasteiger partial charge in [-0.2, -0.15) is 0 Å². The zero-order chi connectivity index (χ0) is 14.6. The van der Waals surface area contributed by atoms with Gasteiger partial charge < -0.3 is 15.1 Å². The maximum Gasteiger partial charge on any atom is 0.330 e. The van der Waals surface area contributed by atoms with E-state index in [1.54, 1.807) is 6.92 Å². The molecule has 6 nitrogen and oxygen atoms in total. The summed E-state index contributed by atoms with van der Waals surface area (Å²) in [5.41, 5.74) is 0.176. The zero-order valence-electron chi connectivity index (χ0n) is 11.3. The standard InChI is InChI=1S/C8H17NO3.C4H6O2/c1-3-4-5-6-8(10)7(2)12-9-11;1-3(2)4(5)6/h7-8,10H,3-6H2,1-2H3;1H2,2H3,(H,5,6). The van der Waals surface area contributed by atoms with Crippen LogP contribution in [0.4, 0.5) is 0 Å². The molecular formula is C12H23NO5. The van der Waals surface area contributed by atoms with Crippen LogP contribution in [0.15, 0.2) is 17.5 Å². The smallest absolute Gasteiger partial charge is 0.330 e. The number of hydrogen-bond donors (Lipinski definition) is 2. The SMILES string of the molecule is C=C(C)C(=O)O.CCCCCC(O)C(C)ON=O. The molecule has 0 aromatic heterocycles. The van der Waals surface area contributed by atoms with Crippen LogP contribution in [0.2, 0.25) is 0 Å². The number of aliphatic carboxylic acids is 1. The number of carboxylic acid groups (broad SMARTS) is 1. The third-order valence-corrected chi connectivity index (χ3v) is 2.22. The van der Waals surface area contributed by atoms with E-state index in [2.05, 4.69) is 23.7 Å². The van der Waals surface area contributed by atoms with E-state index in [0.29, 0.717) is 6.42 Å². The molecule has 0 aromatic rings. The first kappa shape index (κ1) is 18.9. The lowest BCUT2D eigenvalue weighted by Crippen LogP contribution is -2.24. The summed E-state index contributed by atoms with van der Waals surface area (Å²) >= 11 is 0. The minimum Gasteiger partial charge on any atom is -0.478 e. The summed E-state index contributed by atoms with van der Waals surface area (Å²) in [6, 6.07) is 0. The average molecular weight is 261 g/mol. The van der Waals surface area contributed by atoms with Crippen molar-refractivity contribution in [2.45, 2.75) is 58.7 Å². The van der Waals surface area contributed by atoms with Gasteiger partial charge in [0.25, 0.3) is 0 Å². The fourth-order valence-electron chi connectivity index (χ4n) is 0.976. The second kappa shape index (κ2) is 12.0. The molecule has 0 aliphatic rings. The number of aliphatic hydroxyl groups excluding tert-OH is 1. The number of rotatable bonds is 8. The van der Waals surface area contributed by atoms with Gasteiger partial charge in [0.1, 0.15) is 0 Å². The van der Waals surface area contributed by atoms with E-state index in [0.717, 1.165) is 19.3 Å². The molecule has 0 amide bonds. The van der Waals surface area contributed by atoms with Crippen molar-refractivity contribution in [1.82, 2.24) is 0 Å². The molecule has 0 bridgehead atoms. The summed E-state index contributed by atoms with van der Waals surface area (Å²) in [6.45, 7) is 8.34. The van der Waals surface area contributed by atoms with Gasteiger partial charge in [0.05, 0.1) is 6.10 Å². The van der Waals surface area contributed by atoms with E-state index in [4.69, 9.17) is 5.11 Å². The van der Waals surface area contributed by atoms with Crippen molar-refractivity contribution in [3.63, 3.8) is 0 Å². The Morgan fingerprint density at radius 3 is 2.28 bits per heavy atom. The number of carboxylic acids is 1. The van der Waals surface area contributed by atoms with Crippen LogP contribution in [-0.4, -0.2) is 28.4 Å². The van der Waals surface area contributed by atoms with Gasteiger partial charge in [-0.3, -0.25) is 0 Å². The van der Waals surface area contributed by atoms with Crippen LogP contribution in [0.5, 0.6) is 0 Å². The normalized spacial score (nSPS) is 12.7. The molecule has 0 aliphatic heterocycles. The average Bonchev–Trinajstić information content (AvgIpc) is 2.30. The minimum absolute atomic E-state index is 0.176. The predicted molar refractivity (Wildman–Crippen MR) is 68.9 cm³/mol. The lowest BCUT2D eigenvalue weighted by molar-refractivity contribution is -0.132. The van der Waals surface area contributed by atoms with Gasteiger partial charge in [0.15, 0.2) is 11.4 Å². The van der Waals surface area contributed by atoms with Gasteiger partial charge in [-0.05, 0) is 20.3 Å². The first-order chi connectivity index (χ1) is 8.36. The van der Waals surface area contributed by atoms with Crippen molar-refractivity contribution in [2.24, 2.45) is 5.34 Å². The Morgan fingerprint density at radius 1 is 1.44 bits per heavy atom. The molecule has 0 spiro atoms. The molecule has 2 N–H and O–H groups in total. The summed E-state index contributed by atoms with van der Waals surface area (Å²) in [6.07, 6.45) is 2.79. The topological polar surface area (TPSA) is 96.2 Å². The van der Waals surface area contributed by atoms with Crippen LogP contribution in [0.25, 0.3) is 0 Å². The van der Waals surface area contributed by atoms with Crippen LogP contribution in [0, 0.1) is 4.91 Å². The highest BCUT2D eigenvalue weighted by molar-refractivity contribution is 5.84. The highest BCUT2D eigenvalue weighted by Crippen LogP contribution is 2.08. The molecule has 0 radical (unpaired) electrons. The third-order valence-electron chi connectivity index (χ3n) is 2.22. The van der Waals surface area contributed by atoms with Gasteiger partial charge >= 0.3 is 5.97 Å². The Morgan fingerprint density at radius 2 is 1.94 bits per heavy atom. The fourth-order valence-corrected chi connectivity index (χ4v) is 0.976. The maximum atomic E-state index is 9.67. The quantitative estimate of drug-likeness (QED) is 0.303. The van der Waals surface area contributed by atoms with Crippen molar-refractivity contribution < 1.29 is 19.8 Å². The van der Waals surface area contributed by atoms with Crippen molar-refractivity contribution in [3.8, 4) is 0 Å². The summed E-state index contributed by atoms with van der Waals surface area (Å²) in [4.78, 5) is 23.6. The highest BCUT2D eigenvalue weighted by atomic mass is 16.7. The van der Waals surface area contributed by atoms with Crippen molar-refractivity contribution >= 4 is 5.97 Å². The Labute approximate surface area is 108 Å². The Bertz CT molecular complexity index is 243. The van der Waals surface area contributed by atoms with Crippen LogP contribution >= 0.6 is 0 Å². The first-order valence-corrected chi connectivity index (χ1v) is 5.92. The summed E-state index contributed by atoms with van der Waals surface area (Å²) in [5, 5.41) is 19.5. The third kappa shape index (κ3) is 12.6. The lowest BCUT2D eigenvalue weighted by atomic mass is 10.1. The molecule has 0 aromatic carbocycles. The van der Waals surface area contributed by atoms with Crippen LogP contribution in [0.3, 0.4) is 0 Å². The van der Waals surface area contributed by atoms with Gasteiger partial charge in [-0.15, -0.1) is 4.91 Å². The number of nitrogens with zero attached hydrogens (tertiary/aromatic N) is 1. The molecule has 6 heteroatoms. The Kier molecular flexibility index (Phi) is 12.7. The van der Waals surface area contributed by atoms with Crippen LogP contribution in [0.1, 0.15) is 46.5 Å². The Balaban J connectivity index is 0. The maximum absolute atomic E-state index is 9.67. The second-order valence-electron chi connectivity index (χ2n) is 4.03. The number of hydrogen-bond acceptors (Lipinski definition) is 5. The van der Waals surface area contributed by atoms with Crippen LogP contribution in [-0.2, 0) is 9.63 Å². The monoisotopic (exact) mass is 261 g/mol. The molecule has 106 valence electrons. The second-order valence-corrected chi connectivity index (χ2v) is 4.03. The molecule has 0 saturated carbocycles. The van der Waals surface area contributed by atoms with E-state index < -0.39 is 18.2 Å². The highest BCUT2D eigenvalue weighted by Gasteiger charge is 2.14. The molecule has 0 heterocycles. The molecular weight excluding hydrogens is 238 g/mol. The minimum atomic E-state index is -0.935. The molecule has 0 rings (SSSR count). The van der Waals surface area contributed by atoms with Gasteiger partial charge in [-0.1, -0.05) is 32.8 Å². The number of aliphatic hydroxyl groups is 1. The summed E-state index contributed by atoms with van der Waals surface area (Å²) < 4.78 is 0. The van der Waals surface area contributed by atoms with Gasteiger partial charge in [-0.25, -0.2) is 4.79 Å². The van der Waals surface area contributed by atoms with Gasteiger partial charge in [0, 0.05) is 5.57 Å². The lowest BCUT2D eigenvalue weighted by Gasteiger charge is -2.14. The number of unbranched alkanes of at least 4 members (excludes halogenated alkanes) is 2. The van der Waals surface area contributed by atoms with E-state index in [1.165, 1.54) is 6.92 Å². The molecule has 18 heavy (non-hydrogen) atoms. The van der Waals surface area contributed by atoms with E-state index in [9.17, 15) is 14.8 Å². The van der Waals surface area contributed by atoms with Crippen molar-refractivity contribution in [1.29, 1.82) is 0 Å². The molecule has 2 unspecified atom stereocenters. The van der Waals surface area contributed by atoms with Crippen molar-refractivity contribution in [2.75, 3.05) is 0 Å². The first-order valence-electron chi connectivity index (χ1n) is 5.92. The predicted octanol–water partition coefficient (Wildman–Crippen LogP) is 2.66. The fraction of sp³-hybridized carbons (Fsp3) is 0.750. The number of carbonyl (C=O) groups is 1. The largest absolute Gasteiger partial charge is 0.478 e. The molecule has 0 fully saturated rings. The summed E-state index contributed by atoms with van der Waals surface area (Å²) in [5.74, 6) is -0.935. The molecule has 0 saturated heterocycles. The molecule has 0 aliphatic carbocycles. The molecule has 2 atom stereocenters. The van der Waals surface area contributed by atoms with E-state index in [-0.39, 0.29) is 5.57 Å². The Hall–Kier alpha value is -1.43.